The van der Waals surface area contributed by atoms with Crippen LogP contribution in [0.1, 0.15) is 59.7 Å². The van der Waals surface area contributed by atoms with Crippen LogP contribution in [0.25, 0.3) is 0 Å². The summed E-state index contributed by atoms with van der Waals surface area (Å²) in [4.78, 5) is 37.7. The Balaban J connectivity index is 1.64. The Kier molecular flexibility index (Phi) is 8.50. The highest BCUT2D eigenvalue weighted by atomic mass is 35.5. The molecule has 1 saturated carbocycles. The minimum absolute atomic E-state index is 0.0903. The molecule has 3 amide bonds. The van der Waals surface area contributed by atoms with Gasteiger partial charge in [0.2, 0.25) is 5.91 Å². The second kappa shape index (κ2) is 11.5. The molecule has 2 aromatic rings. The van der Waals surface area contributed by atoms with Gasteiger partial charge in [0.25, 0.3) is 11.8 Å². The first-order valence-corrected chi connectivity index (χ1v) is 11.4. The van der Waals surface area contributed by atoms with Crippen LogP contribution < -0.4 is 21.3 Å². The Morgan fingerprint density at radius 2 is 1.69 bits per heavy atom. The maximum atomic E-state index is 12.7. The monoisotopic (exact) mass is 456 g/mol. The quantitative estimate of drug-likeness (QED) is 0.454. The molecule has 0 unspecified atom stereocenters. The van der Waals surface area contributed by atoms with Gasteiger partial charge in [-0.3, -0.25) is 14.4 Å². The number of amides is 3. The third kappa shape index (κ3) is 6.47. The molecule has 0 aromatic heterocycles. The number of halogens is 1. The van der Waals surface area contributed by atoms with Gasteiger partial charge in [-0.1, -0.05) is 43.5 Å². The molecule has 0 bridgehead atoms. The number of rotatable bonds is 9. The van der Waals surface area contributed by atoms with Crippen molar-refractivity contribution in [3.8, 4) is 0 Å². The molecule has 7 nitrogen and oxygen atoms in total. The van der Waals surface area contributed by atoms with Gasteiger partial charge in [-0.25, -0.2) is 0 Å². The van der Waals surface area contributed by atoms with Crippen molar-refractivity contribution in [3.63, 3.8) is 0 Å². The minimum Gasteiger partial charge on any atom is -0.375 e. The van der Waals surface area contributed by atoms with Crippen LogP contribution >= 0.6 is 11.6 Å². The number of benzene rings is 2. The zero-order valence-corrected chi connectivity index (χ0v) is 18.9. The van der Waals surface area contributed by atoms with Crippen LogP contribution in [0.15, 0.2) is 42.5 Å². The third-order valence-electron chi connectivity index (χ3n) is 5.34. The molecular weight excluding hydrogens is 428 g/mol. The van der Waals surface area contributed by atoms with Gasteiger partial charge in [-0.2, -0.15) is 0 Å². The van der Waals surface area contributed by atoms with Gasteiger partial charge in [0, 0.05) is 23.3 Å². The first kappa shape index (κ1) is 23.6. The topological polar surface area (TPSA) is 99.3 Å². The molecule has 8 heteroatoms. The fourth-order valence-electron chi connectivity index (χ4n) is 3.69. The lowest BCUT2D eigenvalue weighted by atomic mass is 10.1. The van der Waals surface area contributed by atoms with Crippen LogP contribution in [-0.4, -0.2) is 36.9 Å². The van der Waals surface area contributed by atoms with E-state index < -0.39 is 0 Å². The second-order valence-electron chi connectivity index (χ2n) is 7.85. The number of anilines is 2. The largest absolute Gasteiger partial charge is 0.375 e. The molecule has 32 heavy (non-hydrogen) atoms. The highest BCUT2D eigenvalue weighted by Crippen LogP contribution is 2.22. The van der Waals surface area contributed by atoms with Gasteiger partial charge in [0.1, 0.15) is 0 Å². The van der Waals surface area contributed by atoms with Crippen LogP contribution in [0.2, 0.25) is 5.02 Å². The summed E-state index contributed by atoms with van der Waals surface area (Å²) in [6.45, 7) is 2.44. The number of nitrogens with one attached hydrogen (secondary N) is 4. The molecule has 0 saturated heterocycles. The third-order valence-corrected chi connectivity index (χ3v) is 5.57. The van der Waals surface area contributed by atoms with Crippen LogP contribution in [-0.2, 0) is 4.79 Å². The maximum Gasteiger partial charge on any atom is 0.253 e. The van der Waals surface area contributed by atoms with Crippen molar-refractivity contribution in [3.05, 3.63) is 58.6 Å². The van der Waals surface area contributed by atoms with Crippen molar-refractivity contribution >= 4 is 40.7 Å². The van der Waals surface area contributed by atoms with Crippen LogP contribution in [0, 0.1) is 0 Å². The molecule has 170 valence electrons. The van der Waals surface area contributed by atoms with E-state index in [2.05, 4.69) is 21.3 Å². The summed E-state index contributed by atoms with van der Waals surface area (Å²) in [6, 6.07) is 12.0. The SMILES string of the molecule is CCCNC(=O)c1ccc(Cl)cc1NCC(=O)Nc1ccccc1C(=O)NC1CCCC1. The van der Waals surface area contributed by atoms with Gasteiger partial charge < -0.3 is 21.3 Å². The highest BCUT2D eigenvalue weighted by molar-refractivity contribution is 6.31. The van der Waals surface area contributed by atoms with E-state index in [0.717, 1.165) is 32.1 Å². The highest BCUT2D eigenvalue weighted by Gasteiger charge is 2.20. The summed E-state index contributed by atoms with van der Waals surface area (Å²) >= 11 is 6.08. The minimum atomic E-state index is -0.342. The molecule has 0 aliphatic heterocycles. The average molecular weight is 457 g/mol. The lowest BCUT2D eigenvalue weighted by Crippen LogP contribution is -2.33. The Labute approximate surface area is 193 Å². The van der Waals surface area contributed by atoms with Gasteiger partial charge in [-0.05, 0) is 49.6 Å². The van der Waals surface area contributed by atoms with Crippen molar-refractivity contribution < 1.29 is 14.4 Å². The van der Waals surface area contributed by atoms with Gasteiger partial charge in [0.15, 0.2) is 0 Å². The molecule has 0 radical (unpaired) electrons. The van der Waals surface area contributed by atoms with Crippen LogP contribution in [0.5, 0.6) is 0 Å². The van der Waals surface area contributed by atoms with Crippen LogP contribution in [0.3, 0.4) is 0 Å². The predicted molar refractivity (Wildman–Crippen MR) is 127 cm³/mol. The summed E-state index contributed by atoms with van der Waals surface area (Å²) in [5, 5.41) is 12.1. The fraction of sp³-hybridized carbons (Fsp3) is 0.375. The van der Waals surface area contributed by atoms with Gasteiger partial charge >= 0.3 is 0 Å². The normalized spacial score (nSPS) is 13.4. The smallest absolute Gasteiger partial charge is 0.253 e. The molecule has 0 heterocycles. The van der Waals surface area contributed by atoms with Crippen molar-refractivity contribution in [1.29, 1.82) is 0 Å². The Morgan fingerprint density at radius 1 is 0.969 bits per heavy atom. The molecule has 2 aromatic carbocycles. The lowest BCUT2D eigenvalue weighted by Gasteiger charge is -2.16. The summed E-state index contributed by atoms with van der Waals surface area (Å²) < 4.78 is 0. The summed E-state index contributed by atoms with van der Waals surface area (Å²) in [6.07, 6.45) is 5.03. The number of hydrogen-bond donors (Lipinski definition) is 4. The molecule has 4 N–H and O–H groups in total. The first-order chi connectivity index (χ1) is 15.5. The molecule has 1 aliphatic carbocycles. The predicted octanol–water partition coefficient (Wildman–Crippen LogP) is 4.20. The molecule has 1 fully saturated rings. The number of hydrogen-bond acceptors (Lipinski definition) is 4. The zero-order valence-electron chi connectivity index (χ0n) is 18.2. The van der Waals surface area contributed by atoms with Gasteiger partial charge in [0.05, 0.1) is 23.4 Å². The lowest BCUT2D eigenvalue weighted by molar-refractivity contribution is -0.114. The Morgan fingerprint density at radius 3 is 2.44 bits per heavy atom. The van der Waals surface area contributed by atoms with Crippen molar-refractivity contribution in [2.45, 2.75) is 45.1 Å². The molecule has 1 aliphatic rings. The van der Waals surface area contributed by atoms with E-state index in [4.69, 9.17) is 11.6 Å². The number of carbonyl (C=O) groups is 3. The second-order valence-corrected chi connectivity index (χ2v) is 8.28. The van der Waals surface area contributed by atoms with Crippen LogP contribution in [0.4, 0.5) is 11.4 Å². The summed E-state index contributed by atoms with van der Waals surface area (Å²) in [5.74, 6) is -0.767. The van der Waals surface area contributed by atoms with E-state index in [-0.39, 0.29) is 30.3 Å². The molecule has 0 spiro atoms. The van der Waals surface area contributed by atoms with E-state index in [9.17, 15) is 14.4 Å². The summed E-state index contributed by atoms with van der Waals surface area (Å²) in [7, 11) is 0. The Bertz CT molecular complexity index is 973. The fourth-order valence-corrected chi connectivity index (χ4v) is 3.86. The standard InChI is InChI=1S/C24H29ClN4O3/c1-2-13-26-23(31)19-12-11-16(25)14-21(19)27-15-22(30)29-20-10-6-5-9-18(20)24(32)28-17-7-3-4-8-17/h5-6,9-12,14,17,27H,2-4,7-8,13,15H2,1H3,(H,26,31)(H,28,32)(H,29,30). The van der Waals surface area contributed by atoms with E-state index >= 15 is 0 Å². The van der Waals surface area contributed by atoms with E-state index in [0.29, 0.717) is 34.1 Å². The summed E-state index contributed by atoms with van der Waals surface area (Å²) in [5.41, 5.74) is 1.75. The number of carbonyl (C=O) groups excluding carboxylic acids is 3. The van der Waals surface area contributed by atoms with Crippen molar-refractivity contribution in [1.82, 2.24) is 10.6 Å². The zero-order chi connectivity index (χ0) is 22.9. The molecule has 3 rings (SSSR count). The van der Waals surface area contributed by atoms with E-state index in [1.807, 2.05) is 6.92 Å². The Hall–Kier alpha value is -3.06. The molecular formula is C24H29ClN4O3. The number of para-hydroxylation sites is 1. The van der Waals surface area contributed by atoms with Crippen molar-refractivity contribution in [2.75, 3.05) is 23.7 Å². The van der Waals surface area contributed by atoms with E-state index in [1.165, 1.54) is 0 Å². The molecule has 0 atom stereocenters. The van der Waals surface area contributed by atoms with Gasteiger partial charge in [-0.15, -0.1) is 0 Å². The van der Waals surface area contributed by atoms with Crippen molar-refractivity contribution in [2.24, 2.45) is 0 Å². The first-order valence-electron chi connectivity index (χ1n) is 11.0. The average Bonchev–Trinajstić information content (AvgIpc) is 3.29. The van der Waals surface area contributed by atoms with E-state index in [1.54, 1.807) is 42.5 Å². The maximum absolute atomic E-state index is 12.7.